The van der Waals surface area contributed by atoms with Crippen LogP contribution in [0.5, 0.6) is 11.5 Å². The third-order valence-electron chi connectivity index (χ3n) is 7.04. The first-order valence-corrected chi connectivity index (χ1v) is 13.0. The zero-order valence-electron chi connectivity index (χ0n) is 22.3. The van der Waals surface area contributed by atoms with Crippen molar-refractivity contribution in [3.63, 3.8) is 0 Å². The topological polar surface area (TPSA) is 128 Å². The summed E-state index contributed by atoms with van der Waals surface area (Å²) in [5.41, 5.74) is 1.65. The Labute approximate surface area is 240 Å². The number of likely N-dealkylation sites (tertiary alicyclic amines) is 1. The Balaban J connectivity index is 1.22. The van der Waals surface area contributed by atoms with Gasteiger partial charge in [0.05, 0.1) is 30.3 Å². The lowest BCUT2D eigenvalue weighted by Gasteiger charge is -2.24. The number of anilines is 3. The number of benzene rings is 2. The van der Waals surface area contributed by atoms with Crippen LogP contribution in [0.3, 0.4) is 0 Å². The number of carbonyl (C=O) groups is 3. The van der Waals surface area contributed by atoms with Crippen molar-refractivity contribution in [3.05, 3.63) is 66.6 Å². The molecular formula is C28H22F4N6O5. The van der Waals surface area contributed by atoms with Crippen molar-refractivity contribution in [3.8, 4) is 11.5 Å². The van der Waals surface area contributed by atoms with Gasteiger partial charge in [-0.2, -0.15) is 0 Å². The molecular weight excluding hydrogens is 576 g/mol. The summed E-state index contributed by atoms with van der Waals surface area (Å²) >= 11 is 0. The number of aromatic nitrogens is 3. The number of rotatable bonds is 7. The molecule has 6 rings (SSSR count). The number of nitrogens with zero attached hydrogens (tertiary/aromatic N) is 4. The molecule has 0 bridgehead atoms. The number of halogens is 4. The van der Waals surface area contributed by atoms with E-state index in [4.69, 9.17) is 0 Å². The van der Waals surface area contributed by atoms with E-state index in [9.17, 15) is 31.9 Å². The van der Waals surface area contributed by atoms with E-state index in [2.05, 4.69) is 30.1 Å². The Bertz CT molecular complexity index is 1770. The van der Waals surface area contributed by atoms with Crippen molar-refractivity contribution in [1.82, 2.24) is 19.4 Å². The van der Waals surface area contributed by atoms with Gasteiger partial charge in [0.15, 0.2) is 23.1 Å². The Morgan fingerprint density at radius 1 is 1.07 bits per heavy atom. The molecule has 2 aromatic carbocycles. The van der Waals surface area contributed by atoms with Gasteiger partial charge in [0.2, 0.25) is 11.8 Å². The summed E-state index contributed by atoms with van der Waals surface area (Å²) in [6.45, 7) is 0.669. The van der Waals surface area contributed by atoms with E-state index in [-0.39, 0.29) is 18.7 Å². The smallest absolute Gasteiger partial charge is 0.395 e. The van der Waals surface area contributed by atoms with Gasteiger partial charge in [0, 0.05) is 46.9 Å². The molecule has 1 saturated heterocycles. The summed E-state index contributed by atoms with van der Waals surface area (Å²) in [6.07, 6.45) is 0.164. The van der Waals surface area contributed by atoms with Crippen molar-refractivity contribution in [2.75, 3.05) is 17.2 Å². The second-order valence-corrected chi connectivity index (χ2v) is 10.0. The maximum atomic E-state index is 14.5. The van der Waals surface area contributed by atoms with Crippen LogP contribution in [-0.4, -0.2) is 62.1 Å². The highest BCUT2D eigenvalue weighted by Gasteiger charge is 2.44. The molecule has 11 nitrogen and oxygen atoms in total. The highest BCUT2D eigenvalue weighted by molar-refractivity contribution is 6.08. The number of carbonyl (C=O) groups excluding carboxylic acids is 3. The van der Waals surface area contributed by atoms with Gasteiger partial charge in [-0.05, 0) is 25.1 Å². The molecule has 2 N–H and O–H groups in total. The molecule has 2 aromatic heterocycles. The number of Topliss-reactive ketones (excluding diaryl/α,β-unsaturated/α-hetero) is 1. The number of amides is 2. The maximum absolute atomic E-state index is 14.5. The zero-order valence-corrected chi connectivity index (χ0v) is 22.3. The number of hydrogen-bond donors (Lipinski definition) is 2. The fourth-order valence-electron chi connectivity index (χ4n) is 5.15. The molecule has 43 heavy (non-hydrogen) atoms. The normalized spacial score (nSPS) is 18.6. The van der Waals surface area contributed by atoms with Crippen molar-refractivity contribution in [2.45, 2.75) is 38.4 Å². The monoisotopic (exact) mass is 598 g/mol. The van der Waals surface area contributed by atoms with Gasteiger partial charge >= 0.3 is 6.29 Å². The molecule has 2 amide bonds. The lowest BCUT2D eigenvalue weighted by Crippen LogP contribution is -2.44. The maximum Gasteiger partial charge on any atom is 0.586 e. The lowest BCUT2D eigenvalue weighted by molar-refractivity contribution is -0.286. The molecule has 15 heteroatoms. The highest BCUT2D eigenvalue weighted by Crippen LogP contribution is 2.43. The van der Waals surface area contributed by atoms with Crippen LogP contribution in [0.2, 0.25) is 0 Å². The van der Waals surface area contributed by atoms with Gasteiger partial charge in [-0.3, -0.25) is 14.4 Å². The van der Waals surface area contributed by atoms with Crippen LogP contribution in [0, 0.1) is 5.82 Å². The molecule has 2 aliphatic rings. The van der Waals surface area contributed by atoms with Crippen LogP contribution in [0.4, 0.5) is 34.6 Å². The summed E-state index contributed by atoms with van der Waals surface area (Å²) in [4.78, 5) is 47.8. The van der Waals surface area contributed by atoms with E-state index in [1.165, 1.54) is 24.0 Å². The van der Waals surface area contributed by atoms with E-state index in [0.29, 0.717) is 33.9 Å². The van der Waals surface area contributed by atoms with Gasteiger partial charge in [0.25, 0.3) is 0 Å². The van der Waals surface area contributed by atoms with Crippen molar-refractivity contribution >= 4 is 45.6 Å². The molecule has 0 aliphatic carbocycles. The molecule has 222 valence electrons. The van der Waals surface area contributed by atoms with Gasteiger partial charge in [-0.15, -0.1) is 8.78 Å². The van der Waals surface area contributed by atoms with E-state index >= 15 is 0 Å². The predicted octanol–water partition coefficient (Wildman–Crippen LogP) is 4.42. The second-order valence-electron chi connectivity index (χ2n) is 10.0. The Kier molecular flexibility index (Phi) is 6.86. The number of nitrogens with one attached hydrogen (secondary N) is 2. The summed E-state index contributed by atoms with van der Waals surface area (Å²) in [5.74, 6) is -3.93. The van der Waals surface area contributed by atoms with Crippen LogP contribution >= 0.6 is 0 Å². The summed E-state index contributed by atoms with van der Waals surface area (Å²) < 4.78 is 65.8. The molecule has 2 atom stereocenters. The Morgan fingerprint density at radius 2 is 1.79 bits per heavy atom. The first kappa shape index (κ1) is 27.9. The van der Waals surface area contributed by atoms with E-state index in [0.717, 1.165) is 11.0 Å². The minimum absolute atomic E-state index is 0.248. The van der Waals surface area contributed by atoms with Crippen molar-refractivity contribution < 1.29 is 41.4 Å². The SMILES string of the molecule is CC(=O)c1cn(CC(=O)N2C[C@H](F)C[C@H]2C(=O)Nc2cc3c(cc2F)OC(F)(F)O3)c2ccc(Nc3cncnc3)cc12. The third-order valence-corrected chi connectivity index (χ3v) is 7.04. The number of ketones is 1. The van der Waals surface area contributed by atoms with Gasteiger partial charge in [-0.25, -0.2) is 18.7 Å². The largest absolute Gasteiger partial charge is 0.586 e. The number of fused-ring (bicyclic) bond motifs is 2. The van der Waals surface area contributed by atoms with Crippen LogP contribution in [-0.2, 0) is 16.1 Å². The fraction of sp³-hybridized carbons (Fsp3) is 0.250. The minimum atomic E-state index is -3.99. The second kappa shape index (κ2) is 10.6. The van der Waals surface area contributed by atoms with Crippen LogP contribution in [0.1, 0.15) is 23.7 Å². The minimum Gasteiger partial charge on any atom is -0.395 e. The third kappa shape index (κ3) is 5.52. The molecule has 2 aliphatic heterocycles. The average Bonchev–Trinajstić information content (AvgIpc) is 3.61. The zero-order chi connectivity index (χ0) is 30.5. The van der Waals surface area contributed by atoms with Crippen LogP contribution in [0.15, 0.2) is 55.2 Å². The molecule has 1 fully saturated rings. The fourth-order valence-corrected chi connectivity index (χ4v) is 5.15. The molecule has 0 spiro atoms. The lowest BCUT2D eigenvalue weighted by atomic mass is 10.1. The summed E-state index contributed by atoms with van der Waals surface area (Å²) in [6, 6.07) is 5.31. The highest BCUT2D eigenvalue weighted by atomic mass is 19.3. The predicted molar refractivity (Wildman–Crippen MR) is 144 cm³/mol. The number of ether oxygens (including phenoxy) is 2. The first-order valence-electron chi connectivity index (χ1n) is 13.0. The van der Waals surface area contributed by atoms with Gasteiger partial charge in [-0.1, -0.05) is 0 Å². The van der Waals surface area contributed by atoms with Crippen molar-refractivity contribution in [2.24, 2.45) is 0 Å². The standard InChI is InChI=1S/C28H22F4N6O5/c1-14(39)19-11-37(22-3-2-16(5-18(19)22)35-17-8-33-13-34-9-17)12-26(40)38-10-15(29)4-23(38)27(41)36-21-7-25-24(6-20(21)30)42-28(31,32)43-25/h2-3,5-9,11,13,15,23,35H,4,10,12H2,1H3,(H,36,41)/t15-,23+/m1/s1. The quantitative estimate of drug-likeness (QED) is 0.237. The average molecular weight is 599 g/mol. The van der Waals surface area contributed by atoms with Gasteiger partial charge in [0.1, 0.15) is 25.1 Å². The number of hydrogen-bond acceptors (Lipinski definition) is 8. The first-order chi connectivity index (χ1) is 20.5. The Hall–Kier alpha value is -5.21. The van der Waals surface area contributed by atoms with E-state index in [1.807, 2.05) is 0 Å². The van der Waals surface area contributed by atoms with Gasteiger partial charge < -0.3 is 29.6 Å². The van der Waals surface area contributed by atoms with Crippen molar-refractivity contribution in [1.29, 1.82) is 0 Å². The van der Waals surface area contributed by atoms with Crippen LogP contribution in [0.25, 0.3) is 10.9 Å². The Morgan fingerprint density at radius 3 is 2.51 bits per heavy atom. The van der Waals surface area contributed by atoms with E-state index in [1.54, 1.807) is 30.6 Å². The number of alkyl halides is 3. The summed E-state index contributed by atoms with van der Waals surface area (Å²) in [7, 11) is 0. The van der Waals surface area contributed by atoms with Crippen LogP contribution < -0.4 is 20.1 Å². The molecule has 0 radical (unpaired) electrons. The molecule has 4 heterocycles. The summed E-state index contributed by atoms with van der Waals surface area (Å²) in [5, 5.41) is 5.93. The molecule has 0 saturated carbocycles. The molecule has 4 aromatic rings. The van der Waals surface area contributed by atoms with E-state index < -0.39 is 59.9 Å². The molecule has 0 unspecified atom stereocenters.